The molecule has 1 aromatic rings. The van der Waals surface area contributed by atoms with E-state index < -0.39 is 0 Å². The van der Waals surface area contributed by atoms with Crippen LogP contribution in [-0.2, 0) is 6.54 Å². The molecule has 1 aromatic carbocycles. The Balaban J connectivity index is 2.78. The maximum absolute atomic E-state index is 3.58. The number of benzene rings is 1. The molecule has 0 aliphatic rings. The van der Waals surface area contributed by atoms with Crippen molar-refractivity contribution < 1.29 is 0 Å². The largest absolute Gasteiger partial charge is 0.371 e. The number of anilines is 1. The van der Waals surface area contributed by atoms with E-state index in [1.165, 1.54) is 30.6 Å². The van der Waals surface area contributed by atoms with Gasteiger partial charge in [0.15, 0.2) is 0 Å². The summed E-state index contributed by atoms with van der Waals surface area (Å²) in [7, 11) is 0. The van der Waals surface area contributed by atoms with E-state index in [1.807, 2.05) is 0 Å². The van der Waals surface area contributed by atoms with Crippen molar-refractivity contribution in [2.75, 3.05) is 24.5 Å². The molecule has 0 radical (unpaired) electrons. The van der Waals surface area contributed by atoms with Crippen molar-refractivity contribution in [3.63, 3.8) is 0 Å². The first kappa shape index (κ1) is 18.0. The van der Waals surface area contributed by atoms with Crippen LogP contribution in [0, 0.1) is 11.8 Å². The quantitative estimate of drug-likeness (QED) is 0.672. The number of rotatable bonds is 10. The molecule has 2 nitrogen and oxygen atoms in total. The van der Waals surface area contributed by atoms with Crippen LogP contribution in [0.1, 0.15) is 53.0 Å². The monoisotopic (exact) mass is 290 g/mol. The Morgan fingerprint density at radius 1 is 1.05 bits per heavy atom. The van der Waals surface area contributed by atoms with Gasteiger partial charge in [-0.25, -0.2) is 0 Å². The summed E-state index contributed by atoms with van der Waals surface area (Å²) in [5, 5.41) is 3.58. The van der Waals surface area contributed by atoms with Gasteiger partial charge >= 0.3 is 0 Å². The number of nitrogens with one attached hydrogen (secondary N) is 1. The van der Waals surface area contributed by atoms with E-state index in [2.05, 4.69) is 69.1 Å². The van der Waals surface area contributed by atoms with Crippen molar-refractivity contribution in [1.82, 2.24) is 5.32 Å². The highest BCUT2D eigenvalue weighted by Gasteiger charge is 2.13. The predicted octanol–water partition coefficient (Wildman–Crippen LogP) is 4.69. The molecule has 120 valence electrons. The van der Waals surface area contributed by atoms with Gasteiger partial charge in [0.2, 0.25) is 0 Å². The van der Waals surface area contributed by atoms with E-state index in [9.17, 15) is 0 Å². The Bertz CT molecular complexity index is 383. The zero-order chi connectivity index (χ0) is 15.7. The molecule has 1 N–H and O–H groups in total. The third-order valence-corrected chi connectivity index (χ3v) is 4.22. The molecule has 0 saturated carbocycles. The molecule has 21 heavy (non-hydrogen) atoms. The average molecular weight is 290 g/mol. The summed E-state index contributed by atoms with van der Waals surface area (Å²) in [6.45, 7) is 15.7. The van der Waals surface area contributed by atoms with E-state index in [-0.39, 0.29) is 0 Å². The molecule has 0 spiro atoms. The van der Waals surface area contributed by atoms with Gasteiger partial charge in [-0.2, -0.15) is 0 Å². The van der Waals surface area contributed by atoms with Crippen LogP contribution in [0.4, 0.5) is 5.69 Å². The molecule has 0 amide bonds. The van der Waals surface area contributed by atoms with Gasteiger partial charge in [-0.3, -0.25) is 0 Å². The zero-order valence-corrected chi connectivity index (χ0v) is 14.7. The second-order valence-electron chi connectivity index (χ2n) is 6.37. The van der Waals surface area contributed by atoms with E-state index in [0.717, 1.165) is 25.6 Å². The average Bonchev–Trinajstić information content (AvgIpc) is 2.49. The van der Waals surface area contributed by atoms with Crippen molar-refractivity contribution in [3.05, 3.63) is 29.8 Å². The minimum absolute atomic E-state index is 0.698. The van der Waals surface area contributed by atoms with E-state index in [0.29, 0.717) is 5.92 Å². The Morgan fingerprint density at radius 3 is 2.29 bits per heavy atom. The van der Waals surface area contributed by atoms with Gasteiger partial charge in [0.05, 0.1) is 0 Å². The van der Waals surface area contributed by atoms with Gasteiger partial charge in [-0.15, -0.1) is 0 Å². The Hall–Kier alpha value is -1.02. The number of hydrogen-bond acceptors (Lipinski definition) is 2. The summed E-state index contributed by atoms with van der Waals surface area (Å²) in [6, 6.07) is 8.86. The lowest BCUT2D eigenvalue weighted by atomic mass is 10.0. The van der Waals surface area contributed by atoms with Gasteiger partial charge < -0.3 is 10.2 Å². The summed E-state index contributed by atoms with van der Waals surface area (Å²) >= 11 is 0. The van der Waals surface area contributed by atoms with Crippen LogP contribution in [0.5, 0.6) is 0 Å². The molecular formula is C19H34N2. The zero-order valence-electron chi connectivity index (χ0n) is 14.7. The third kappa shape index (κ3) is 6.09. The first-order chi connectivity index (χ1) is 10.1. The lowest BCUT2D eigenvalue weighted by Crippen LogP contribution is -2.30. The van der Waals surface area contributed by atoms with Crippen molar-refractivity contribution >= 4 is 5.69 Å². The highest BCUT2D eigenvalue weighted by atomic mass is 15.1. The first-order valence-corrected chi connectivity index (χ1v) is 8.65. The van der Waals surface area contributed by atoms with E-state index in [4.69, 9.17) is 0 Å². The SMILES string of the molecule is CCC(CC)CN(CC)c1ccccc1CNCC(C)C. The van der Waals surface area contributed by atoms with Crippen LogP contribution in [0.25, 0.3) is 0 Å². The highest BCUT2D eigenvalue weighted by molar-refractivity contribution is 5.53. The Kier molecular flexibility index (Phi) is 8.44. The number of para-hydroxylation sites is 1. The fourth-order valence-corrected chi connectivity index (χ4v) is 2.72. The summed E-state index contributed by atoms with van der Waals surface area (Å²) in [5.74, 6) is 1.49. The Labute approximate surface area is 131 Å². The molecule has 0 aliphatic heterocycles. The van der Waals surface area contributed by atoms with E-state index in [1.54, 1.807) is 0 Å². The molecule has 0 atom stereocenters. The lowest BCUT2D eigenvalue weighted by Gasteiger charge is -2.29. The van der Waals surface area contributed by atoms with Gasteiger partial charge in [-0.05, 0) is 36.9 Å². The third-order valence-electron chi connectivity index (χ3n) is 4.22. The molecule has 2 heteroatoms. The second-order valence-corrected chi connectivity index (χ2v) is 6.37. The molecule has 0 saturated heterocycles. The fraction of sp³-hybridized carbons (Fsp3) is 0.684. The molecule has 0 unspecified atom stereocenters. The van der Waals surface area contributed by atoms with Crippen LogP contribution >= 0.6 is 0 Å². The second kappa shape index (κ2) is 9.83. The van der Waals surface area contributed by atoms with Crippen molar-refractivity contribution in [2.24, 2.45) is 11.8 Å². The molecule has 0 fully saturated rings. The maximum Gasteiger partial charge on any atom is 0.0411 e. The van der Waals surface area contributed by atoms with Crippen LogP contribution in [0.15, 0.2) is 24.3 Å². The van der Waals surface area contributed by atoms with Crippen molar-refractivity contribution in [3.8, 4) is 0 Å². The minimum Gasteiger partial charge on any atom is -0.371 e. The molecule has 1 rings (SSSR count). The van der Waals surface area contributed by atoms with Gasteiger partial charge in [0, 0.05) is 25.3 Å². The minimum atomic E-state index is 0.698. The fourth-order valence-electron chi connectivity index (χ4n) is 2.72. The van der Waals surface area contributed by atoms with Crippen molar-refractivity contribution in [1.29, 1.82) is 0 Å². The van der Waals surface area contributed by atoms with Crippen molar-refractivity contribution in [2.45, 2.75) is 54.0 Å². The van der Waals surface area contributed by atoms with Gasteiger partial charge in [0.1, 0.15) is 0 Å². The van der Waals surface area contributed by atoms with Gasteiger partial charge in [-0.1, -0.05) is 58.7 Å². The standard InChI is InChI=1S/C19H34N2/c1-6-17(7-2)15-21(8-3)19-12-10-9-11-18(19)14-20-13-16(4)5/h9-12,16-17,20H,6-8,13-15H2,1-5H3. The van der Waals surface area contributed by atoms with Crippen LogP contribution in [0.3, 0.4) is 0 Å². The number of hydrogen-bond donors (Lipinski definition) is 1. The maximum atomic E-state index is 3.58. The summed E-state index contributed by atoms with van der Waals surface area (Å²) in [5.41, 5.74) is 2.83. The molecule has 0 bridgehead atoms. The molecule has 0 heterocycles. The highest BCUT2D eigenvalue weighted by Crippen LogP contribution is 2.23. The van der Waals surface area contributed by atoms with Gasteiger partial charge in [0.25, 0.3) is 0 Å². The summed E-state index contributed by atoms with van der Waals surface area (Å²) < 4.78 is 0. The molecule has 0 aromatic heterocycles. The Morgan fingerprint density at radius 2 is 1.71 bits per heavy atom. The van der Waals surface area contributed by atoms with E-state index >= 15 is 0 Å². The van der Waals surface area contributed by atoms with Crippen LogP contribution < -0.4 is 10.2 Å². The first-order valence-electron chi connectivity index (χ1n) is 8.65. The predicted molar refractivity (Wildman–Crippen MR) is 94.9 cm³/mol. The lowest BCUT2D eigenvalue weighted by molar-refractivity contribution is 0.485. The molecular weight excluding hydrogens is 256 g/mol. The topological polar surface area (TPSA) is 15.3 Å². The smallest absolute Gasteiger partial charge is 0.0411 e. The normalized spacial score (nSPS) is 11.4. The molecule has 0 aliphatic carbocycles. The van der Waals surface area contributed by atoms with Crippen LogP contribution in [-0.4, -0.2) is 19.6 Å². The number of nitrogens with zero attached hydrogens (tertiary/aromatic N) is 1. The van der Waals surface area contributed by atoms with Crippen LogP contribution in [0.2, 0.25) is 0 Å². The summed E-state index contributed by atoms with van der Waals surface area (Å²) in [6.07, 6.45) is 2.53. The summed E-state index contributed by atoms with van der Waals surface area (Å²) in [4.78, 5) is 2.55.